The van der Waals surface area contributed by atoms with Crippen LogP contribution in [0.5, 0.6) is 0 Å². The van der Waals surface area contributed by atoms with Gasteiger partial charge in [0, 0.05) is 5.92 Å². The van der Waals surface area contributed by atoms with E-state index in [0.29, 0.717) is 6.42 Å². The molecular formula is C13H14O4. The number of carbonyl (C=O) groups is 2. The Hall–Kier alpha value is -1.84. The Morgan fingerprint density at radius 1 is 1.41 bits per heavy atom. The summed E-state index contributed by atoms with van der Waals surface area (Å²) in [5.41, 5.74) is -0.486. The summed E-state index contributed by atoms with van der Waals surface area (Å²) in [6, 6.07) is 9.22. The molecule has 1 fully saturated rings. The highest BCUT2D eigenvalue weighted by Crippen LogP contribution is 2.60. The molecule has 0 bridgehead atoms. The van der Waals surface area contributed by atoms with Gasteiger partial charge in [0.25, 0.3) is 0 Å². The van der Waals surface area contributed by atoms with Crippen LogP contribution < -0.4 is 0 Å². The second-order valence-electron chi connectivity index (χ2n) is 4.16. The van der Waals surface area contributed by atoms with Crippen LogP contribution in [-0.2, 0) is 14.3 Å². The second kappa shape index (κ2) is 4.20. The van der Waals surface area contributed by atoms with E-state index in [1.165, 1.54) is 0 Å². The molecule has 90 valence electrons. The van der Waals surface area contributed by atoms with Crippen LogP contribution in [0.4, 0.5) is 0 Å². The van der Waals surface area contributed by atoms with Crippen molar-refractivity contribution in [3.63, 3.8) is 0 Å². The van der Waals surface area contributed by atoms with Crippen LogP contribution in [0.15, 0.2) is 30.3 Å². The fourth-order valence-electron chi connectivity index (χ4n) is 2.16. The Balaban J connectivity index is 2.25. The molecule has 2 rings (SSSR count). The number of esters is 1. The number of hydrogen-bond acceptors (Lipinski definition) is 3. The summed E-state index contributed by atoms with van der Waals surface area (Å²) in [7, 11) is 0. The van der Waals surface area contributed by atoms with Crippen molar-refractivity contribution in [3.8, 4) is 0 Å². The molecule has 1 aromatic carbocycles. The fraction of sp³-hybridized carbons (Fsp3) is 0.385. The number of ether oxygens (including phenoxy) is 1. The van der Waals surface area contributed by atoms with Crippen molar-refractivity contribution in [1.82, 2.24) is 0 Å². The third-order valence-corrected chi connectivity index (χ3v) is 3.18. The Labute approximate surface area is 99.2 Å². The van der Waals surface area contributed by atoms with Gasteiger partial charge in [0.1, 0.15) is 0 Å². The molecule has 1 N–H and O–H groups in total. The zero-order chi connectivity index (χ0) is 12.5. The van der Waals surface area contributed by atoms with Gasteiger partial charge in [-0.25, -0.2) is 0 Å². The molecule has 2 atom stereocenters. The standard InChI is InChI=1S/C13H14O4/c1-2-17-12(16)13(11(14)15)8-10(13)9-6-4-3-5-7-9/h3-7,10H,2,8H2,1H3,(H,14,15)/t10-,13?/m0/s1. The SMILES string of the molecule is CCOC(=O)C1(C(=O)O)C[C@H]1c1ccccc1. The summed E-state index contributed by atoms with van der Waals surface area (Å²) >= 11 is 0. The molecule has 1 unspecified atom stereocenters. The van der Waals surface area contributed by atoms with E-state index in [-0.39, 0.29) is 12.5 Å². The van der Waals surface area contributed by atoms with Gasteiger partial charge in [0.2, 0.25) is 0 Å². The average Bonchev–Trinajstić information content (AvgIpc) is 3.07. The molecule has 1 saturated carbocycles. The van der Waals surface area contributed by atoms with Crippen LogP contribution in [0.25, 0.3) is 0 Å². The van der Waals surface area contributed by atoms with E-state index in [0.717, 1.165) is 5.56 Å². The van der Waals surface area contributed by atoms with E-state index in [4.69, 9.17) is 4.74 Å². The summed E-state index contributed by atoms with van der Waals surface area (Å²) in [6.45, 7) is 1.88. The van der Waals surface area contributed by atoms with Crippen LogP contribution >= 0.6 is 0 Å². The van der Waals surface area contributed by atoms with Gasteiger partial charge in [-0.1, -0.05) is 30.3 Å². The first-order chi connectivity index (χ1) is 8.13. The Kier molecular flexibility index (Phi) is 2.88. The molecule has 0 aromatic heterocycles. The van der Waals surface area contributed by atoms with Crippen molar-refractivity contribution in [2.75, 3.05) is 6.61 Å². The minimum Gasteiger partial charge on any atom is -0.480 e. The fourth-order valence-corrected chi connectivity index (χ4v) is 2.16. The predicted molar refractivity (Wildman–Crippen MR) is 60.5 cm³/mol. The Morgan fingerprint density at radius 2 is 2.06 bits per heavy atom. The average molecular weight is 234 g/mol. The summed E-state index contributed by atoms with van der Waals surface area (Å²) in [6.07, 6.45) is 0.325. The maximum absolute atomic E-state index is 11.7. The second-order valence-corrected chi connectivity index (χ2v) is 4.16. The van der Waals surface area contributed by atoms with Crippen molar-refractivity contribution in [2.24, 2.45) is 5.41 Å². The zero-order valence-corrected chi connectivity index (χ0v) is 9.55. The zero-order valence-electron chi connectivity index (χ0n) is 9.55. The molecule has 0 heterocycles. The van der Waals surface area contributed by atoms with Crippen molar-refractivity contribution in [3.05, 3.63) is 35.9 Å². The minimum atomic E-state index is -1.36. The van der Waals surface area contributed by atoms with Gasteiger partial charge >= 0.3 is 11.9 Å². The lowest BCUT2D eigenvalue weighted by atomic mass is 9.99. The topological polar surface area (TPSA) is 63.6 Å². The normalized spacial score (nSPS) is 26.3. The van der Waals surface area contributed by atoms with Crippen molar-refractivity contribution < 1.29 is 19.4 Å². The highest BCUT2D eigenvalue weighted by Gasteiger charge is 2.67. The number of hydrogen-bond donors (Lipinski definition) is 1. The molecule has 17 heavy (non-hydrogen) atoms. The van der Waals surface area contributed by atoms with E-state index < -0.39 is 17.4 Å². The molecule has 0 amide bonds. The van der Waals surface area contributed by atoms with E-state index in [9.17, 15) is 14.7 Å². The number of rotatable bonds is 4. The quantitative estimate of drug-likeness (QED) is 0.637. The lowest BCUT2D eigenvalue weighted by molar-refractivity contribution is -0.161. The van der Waals surface area contributed by atoms with E-state index in [1.807, 2.05) is 30.3 Å². The molecule has 0 aliphatic heterocycles. The highest BCUT2D eigenvalue weighted by molar-refractivity contribution is 6.04. The van der Waals surface area contributed by atoms with Crippen molar-refractivity contribution in [1.29, 1.82) is 0 Å². The van der Waals surface area contributed by atoms with Crippen molar-refractivity contribution in [2.45, 2.75) is 19.3 Å². The number of aliphatic carboxylic acids is 1. The third-order valence-electron chi connectivity index (χ3n) is 3.18. The van der Waals surface area contributed by atoms with Gasteiger partial charge in [-0.3, -0.25) is 9.59 Å². The summed E-state index contributed by atoms with van der Waals surface area (Å²) in [4.78, 5) is 23.0. The molecule has 1 aliphatic carbocycles. The lowest BCUT2D eigenvalue weighted by Crippen LogP contribution is -2.29. The van der Waals surface area contributed by atoms with Crippen molar-refractivity contribution >= 4 is 11.9 Å². The monoisotopic (exact) mass is 234 g/mol. The van der Waals surface area contributed by atoms with E-state index in [1.54, 1.807) is 6.92 Å². The smallest absolute Gasteiger partial charge is 0.324 e. The van der Waals surface area contributed by atoms with Gasteiger partial charge in [-0.05, 0) is 18.9 Å². The molecule has 1 aliphatic rings. The number of carboxylic acid groups (broad SMARTS) is 1. The summed E-state index contributed by atoms with van der Waals surface area (Å²) < 4.78 is 4.86. The first-order valence-electron chi connectivity index (χ1n) is 5.58. The molecule has 0 spiro atoms. The maximum Gasteiger partial charge on any atom is 0.324 e. The van der Waals surface area contributed by atoms with E-state index in [2.05, 4.69) is 0 Å². The number of carbonyl (C=O) groups excluding carboxylic acids is 1. The molecular weight excluding hydrogens is 220 g/mol. The highest BCUT2D eigenvalue weighted by atomic mass is 16.5. The first kappa shape index (κ1) is 11.6. The van der Waals surface area contributed by atoms with Crippen LogP contribution in [0, 0.1) is 5.41 Å². The third kappa shape index (κ3) is 1.79. The van der Waals surface area contributed by atoms with Crippen LogP contribution in [0.1, 0.15) is 24.8 Å². The number of benzene rings is 1. The van der Waals surface area contributed by atoms with E-state index >= 15 is 0 Å². The maximum atomic E-state index is 11.7. The number of carboxylic acids is 1. The lowest BCUT2D eigenvalue weighted by Gasteiger charge is -2.11. The Bertz CT molecular complexity index is 440. The predicted octanol–water partition coefficient (Wildman–Crippen LogP) is 1.81. The Morgan fingerprint density at radius 3 is 2.59 bits per heavy atom. The van der Waals surface area contributed by atoms with Crippen LogP contribution in [-0.4, -0.2) is 23.7 Å². The van der Waals surface area contributed by atoms with Crippen LogP contribution in [0.2, 0.25) is 0 Å². The van der Waals surface area contributed by atoms with Gasteiger partial charge in [0.15, 0.2) is 5.41 Å². The van der Waals surface area contributed by atoms with Crippen LogP contribution in [0.3, 0.4) is 0 Å². The molecule has 4 heteroatoms. The van der Waals surface area contributed by atoms with Gasteiger partial charge < -0.3 is 9.84 Å². The first-order valence-corrected chi connectivity index (χ1v) is 5.58. The summed E-state index contributed by atoms with van der Waals surface area (Å²) in [5, 5.41) is 9.23. The molecule has 0 radical (unpaired) electrons. The largest absolute Gasteiger partial charge is 0.480 e. The van der Waals surface area contributed by atoms with Gasteiger partial charge in [-0.15, -0.1) is 0 Å². The molecule has 0 saturated heterocycles. The minimum absolute atomic E-state index is 0.204. The van der Waals surface area contributed by atoms with Gasteiger partial charge in [0.05, 0.1) is 6.61 Å². The molecule has 4 nitrogen and oxygen atoms in total. The van der Waals surface area contributed by atoms with Gasteiger partial charge in [-0.2, -0.15) is 0 Å². The molecule has 1 aromatic rings. The summed E-state index contributed by atoms with van der Waals surface area (Å²) in [5.74, 6) is -1.98.